The molecule has 0 amide bonds. The van der Waals surface area contributed by atoms with Gasteiger partial charge in [0.05, 0.1) is 4.92 Å². The average Bonchev–Trinajstić information content (AvgIpc) is 2.42. The van der Waals surface area contributed by atoms with Crippen LogP contribution in [0.2, 0.25) is 5.15 Å². The third-order valence-electron chi connectivity index (χ3n) is 3.19. The van der Waals surface area contributed by atoms with Crippen LogP contribution in [-0.4, -0.2) is 14.9 Å². The zero-order chi connectivity index (χ0) is 14.9. The fourth-order valence-corrected chi connectivity index (χ4v) is 2.15. The summed E-state index contributed by atoms with van der Waals surface area (Å²) in [6, 6.07) is 4.64. The first-order valence-corrected chi connectivity index (χ1v) is 6.60. The molecule has 0 atom stereocenters. The number of nitrogens with zero attached hydrogens (tertiary/aromatic N) is 3. The van der Waals surface area contributed by atoms with Gasteiger partial charge in [-0.05, 0) is 25.8 Å². The topological polar surface area (TPSA) is 68.9 Å². The molecule has 1 aromatic heterocycles. The van der Waals surface area contributed by atoms with Crippen LogP contribution in [0.5, 0.6) is 0 Å². The maximum absolute atomic E-state index is 10.9. The highest BCUT2D eigenvalue weighted by Gasteiger charge is 2.15. The van der Waals surface area contributed by atoms with Crippen LogP contribution in [0.15, 0.2) is 18.2 Å². The molecule has 0 radical (unpaired) electrons. The molecule has 5 nitrogen and oxygen atoms in total. The van der Waals surface area contributed by atoms with E-state index in [2.05, 4.69) is 9.97 Å². The molecule has 0 unspecified atom stereocenters. The van der Waals surface area contributed by atoms with Gasteiger partial charge in [-0.2, -0.15) is 0 Å². The number of aromatic nitrogens is 2. The summed E-state index contributed by atoms with van der Waals surface area (Å²) in [4.78, 5) is 19.2. The van der Waals surface area contributed by atoms with Gasteiger partial charge in [-0.3, -0.25) is 10.1 Å². The van der Waals surface area contributed by atoms with Crippen molar-refractivity contribution < 1.29 is 4.92 Å². The smallest absolute Gasteiger partial charge is 0.258 e. The molecule has 0 aliphatic carbocycles. The Morgan fingerprint density at radius 3 is 2.60 bits per heavy atom. The Balaban J connectivity index is 2.64. The van der Waals surface area contributed by atoms with Gasteiger partial charge in [0.25, 0.3) is 5.69 Å². The molecule has 2 rings (SSSR count). The zero-order valence-electron chi connectivity index (χ0n) is 11.5. The second-order valence-electron chi connectivity index (χ2n) is 4.52. The Morgan fingerprint density at radius 2 is 2.00 bits per heavy atom. The van der Waals surface area contributed by atoms with Crippen molar-refractivity contribution in [3.05, 3.63) is 50.3 Å². The third-order valence-corrected chi connectivity index (χ3v) is 3.56. The summed E-state index contributed by atoms with van der Waals surface area (Å²) in [6.07, 6.45) is 0.731. The lowest BCUT2D eigenvalue weighted by molar-refractivity contribution is -0.384. The van der Waals surface area contributed by atoms with Crippen LogP contribution in [0.3, 0.4) is 0 Å². The van der Waals surface area contributed by atoms with E-state index >= 15 is 0 Å². The molecular weight excluding hydrogens is 278 g/mol. The Kier molecular flexibility index (Phi) is 3.99. The minimum atomic E-state index is -0.431. The van der Waals surface area contributed by atoms with Crippen LogP contribution in [0, 0.1) is 24.0 Å². The summed E-state index contributed by atoms with van der Waals surface area (Å²) in [6.45, 7) is 5.71. The maximum Gasteiger partial charge on any atom is 0.270 e. The number of nitro groups is 1. The van der Waals surface area contributed by atoms with Gasteiger partial charge in [0.15, 0.2) is 5.82 Å². The number of hydrogen-bond acceptors (Lipinski definition) is 4. The van der Waals surface area contributed by atoms with Gasteiger partial charge in [0.2, 0.25) is 0 Å². The standard InChI is InChI=1S/C14H14ClN3O2/c1-4-12-9(3)13(15)17-14(16-12)11-7-10(18(19)20)6-5-8(11)2/h5-7H,4H2,1-3H3. The monoisotopic (exact) mass is 291 g/mol. The highest BCUT2D eigenvalue weighted by Crippen LogP contribution is 2.27. The van der Waals surface area contributed by atoms with Crippen LogP contribution in [0.1, 0.15) is 23.7 Å². The lowest BCUT2D eigenvalue weighted by atomic mass is 10.1. The van der Waals surface area contributed by atoms with Crippen molar-refractivity contribution >= 4 is 17.3 Å². The van der Waals surface area contributed by atoms with Crippen molar-refractivity contribution in [3.8, 4) is 11.4 Å². The average molecular weight is 292 g/mol. The van der Waals surface area contributed by atoms with Crippen molar-refractivity contribution in [1.29, 1.82) is 0 Å². The number of nitro benzene ring substituents is 1. The molecule has 0 spiro atoms. The van der Waals surface area contributed by atoms with E-state index in [0.29, 0.717) is 16.5 Å². The molecule has 0 aliphatic rings. The number of aryl methyl sites for hydroxylation is 2. The second-order valence-corrected chi connectivity index (χ2v) is 4.88. The molecule has 2 aromatic rings. The summed E-state index contributed by atoms with van der Waals surface area (Å²) in [5, 5.41) is 11.3. The lowest BCUT2D eigenvalue weighted by Crippen LogP contribution is -2.01. The quantitative estimate of drug-likeness (QED) is 0.489. The molecule has 104 valence electrons. The van der Waals surface area contributed by atoms with E-state index in [1.54, 1.807) is 6.07 Å². The molecule has 0 fully saturated rings. The predicted octanol–water partition coefficient (Wildman–Crippen LogP) is 3.88. The van der Waals surface area contributed by atoms with Crippen LogP contribution in [0.25, 0.3) is 11.4 Å². The second kappa shape index (κ2) is 5.54. The van der Waals surface area contributed by atoms with Crippen LogP contribution in [0.4, 0.5) is 5.69 Å². The van der Waals surface area contributed by atoms with Crippen LogP contribution in [-0.2, 0) is 6.42 Å². The van der Waals surface area contributed by atoms with Crippen molar-refractivity contribution in [2.75, 3.05) is 0 Å². The lowest BCUT2D eigenvalue weighted by Gasteiger charge is -2.09. The van der Waals surface area contributed by atoms with Crippen molar-refractivity contribution in [2.45, 2.75) is 27.2 Å². The molecule has 0 N–H and O–H groups in total. The predicted molar refractivity (Wildman–Crippen MR) is 78.0 cm³/mol. The van der Waals surface area contributed by atoms with E-state index in [1.807, 2.05) is 20.8 Å². The number of rotatable bonds is 3. The Hall–Kier alpha value is -2.01. The number of halogens is 1. The van der Waals surface area contributed by atoms with Gasteiger partial charge >= 0.3 is 0 Å². The summed E-state index contributed by atoms with van der Waals surface area (Å²) in [5.41, 5.74) is 3.23. The van der Waals surface area contributed by atoms with Crippen molar-refractivity contribution in [2.24, 2.45) is 0 Å². The van der Waals surface area contributed by atoms with Gasteiger partial charge in [-0.1, -0.05) is 24.6 Å². The fraction of sp³-hybridized carbons (Fsp3) is 0.286. The summed E-state index contributed by atoms with van der Waals surface area (Å²) in [5.74, 6) is 0.429. The van der Waals surface area contributed by atoms with Gasteiger partial charge < -0.3 is 0 Å². The van der Waals surface area contributed by atoms with Gasteiger partial charge in [-0.25, -0.2) is 9.97 Å². The molecule has 0 aliphatic heterocycles. The zero-order valence-corrected chi connectivity index (χ0v) is 12.2. The van der Waals surface area contributed by atoms with Gasteiger partial charge in [0, 0.05) is 29.0 Å². The van der Waals surface area contributed by atoms with Gasteiger partial charge in [0.1, 0.15) is 5.15 Å². The maximum atomic E-state index is 10.9. The molecular formula is C14H14ClN3O2. The Labute approximate surface area is 121 Å². The van der Waals surface area contributed by atoms with E-state index in [4.69, 9.17) is 11.6 Å². The van der Waals surface area contributed by atoms with E-state index in [1.165, 1.54) is 12.1 Å². The summed E-state index contributed by atoms with van der Waals surface area (Å²) < 4.78 is 0. The van der Waals surface area contributed by atoms with Crippen LogP contribution < -0.4 is 0 Å². The molecule has 20 heavy (non-hydrogen) atoms. The number of non-ortho nitro benzene ring substituents is 1. The molecule has 0 saturated carbocycles. The van der Waals surface area contributed by atoms with E-state index < -0.39 is 4.92 Å². The minimum absolute atomic E-state index is 0.0175. The summed E-state index contributed by atoms with van der Waals surface area (Å²) >= 11 is 6.12. The molecule has 1 heterocycles. The van der Waals surface area contributed by atoms with Gasteiger partial charge in [-0.15, -0.1) is 0 Å². The largest absolute Gasteiger partial charge is 0.270 e. The molecule has 6 heteroatoms. The third kappa shape index (κ3) is 2.63. The minimum Gasteiger partial charge on any atom is -0.258 e. The van der Waals surface area contributed by atoms with Crippen LogP contribution >= 0.6 is 11.6 Å². The van der Waals surface area contributed by atoms with E-state index in [0.717, 1.165) is 23.2 Å². The fourth-order valence-electron chi connectivity index (χ4n) is 1.96. The first-order valence-electron chi connectivity index (χ1n) is 6.22. The molecule has 0 saturated heterocycles. The van der Waals surface area contributed by atoms with Crippen molar-refractivity contribution in [3.63, 3.8) is 0 Å². The summed E-state index contributed by atoms with van der Waals surface area (Å²) in [7, 11) is 0. The highest BCUT2D eigenvalue weighted by molar-refractivity contribution is 6.30. The highest BCUT2D eigenvalue weighted by atomic mass is 35.5. The van der Waals surface area contributed by atoms with E-state index in [-0.39, 0.29) is 5.69 Å². The first-order chi connectivity index (χ1) is 9.43. The number of benzene rings is 1. The Morgan fingerprint density at radius 1 is 1.30 bits per heavy atom. The van der Waals surface area contributed by atoms with E-state index in [9.17, 15) is 10.1 Å². The van der Waals surface area contributed by atoms with Crippen molar-refractivity contribution in [1.82, 2.24) is 9.97 Å². The first kappa shape index (κ1) is 14.4. The Bertz CT molecular complexity index is 686. The number of hydrogen-bond donors (Lipinski definition) is 0. The molecule has 1 aromatic carbocycles. The normalized spacial score (nSPS) is 10.6. The SMILES string of the molecule is CCc1nc(-c2cc([N+](=O)[O-])ccc2C)nc(Cl)c1C. The molecule has 0 bridgehead atoms.